The standard InChI is InChI=1S/C12H21NO/c1-6-7-8-9(2)10(3)11(4)13-12(5)14/h6-8,10-11H,1-5H3,(H,13,14). The zero-order chi connectivity index (χ0) is 11.1. The van der Waals surface area contributed by atoms with Gasteiger partial charge in [0.25, 0.3) is 0 Å². The summed E-state index contributed by atoms with van der Waals surface area (Å²) < 4.78 is 0. The molecule has 2 heteroatoms. The van der Waals surface area contributed by atoms with Gasteiger partial charge in [-0.3, -0.25) is 4.79 Å². The predicted molar refractivity (Wildman–Crippen MR) is 61.0 cm³/mol. The van der Waals surface area contributed by atoms with E-state index in [1.807, 2.05) is 26.0 Å². The molecule has 0 bridgehead atoms. The molecule has 2 unspecified atom stereocenters. The molecule has 0 radical (unpaired) electrons. The lowest BCUT2D eigenvalue weighted by molar-refractivity contribution is -0.119. The second-order valence-electron chi connectivity index (χ2n) is 3.71. The summed E-state index contributed by atoms with van der Waals surface area (Å²) in [5.74, 6) is 0.401. The first kappa shape index (κ1) is 12.9. The molecule has 2 atom stereocenters. The lowest BCUT2D eigenvalue weighted by Gasteiger charge is -2.21. The third kappa shape index (κ3) is 4.85. The van der Waals surface area contributed by atoms with E-state index in [2.05, 4.69) is 25.2 Å². The molecule has 2 nitrogen and oxygen atoms in total. The smallest absolute Gasteiger partial charge is 0.217 e. The molecule has 1 N–H and O–H groups in total. The SMILES string of the molecule is CC=CC=C(C)C(C)C(C)NC(C)=O. The Kier molecular flexibility index (Phi) is 5.93. The fourth-order valence-electron chi connectivity index (χ4n) is 1.24. The minimum absolute atomic E-state index is 0.0307. The first-order valence-electron chi connectivity index (χ1n) is 5.05. The Hall–Kier alpha value is -1.05. The van der Waals surface area contributed by atoms with Crippen LogP contribution in [0.15, 0.2) is 23.8 Å². The molecule has 0 fully saturated rings. The van der Waals surface area contributed by atoms with Crippen LogP contribution in [0.25, 0.3) is 0 Å². The number of carbonyl (C=O) groups excluding carboxylic acids is 1. The molecule has 0 saturated heterocycles. The monoisotopic (exact) mass is 195 g/mol. The first-order chi connectivity index (χ1) is 6.49. The Morgan fingerprint density at radius 3 is 2.29 bits per heavy atom. The molecule has 0 saturated carbocycles. The van der Waals surface area contributed by atoms with Crippen molar-refractivity contribution in [2.24, 2.45) is 5.92 Å². The minimum atomic E-state index is 0.0307. The molecule has 0 heterocycles. The zero-order valence-corrected chi connectivity index (χ0v) is 9.79. The minimum Gasteiger partial charge on any atom is -0.353 e. The molecule has 0 aromatic rings. The van der Waals surface area contributed by atoms with Crippen molar-refractivity contribution in [1.82, 2.24) is 5.32 Å². The van der Waals surface area contributed by atoms with Crippen LogP contribution >= 0.6 is 0 Å². The third-order valence-electron chi connectivity index (χ3n) is 2.45. The lowest BCUT2D eigenvalue weighted by atomic mass is 9.95. The molecule has 0 aromatic carbocycles. The summed E-state index contributed by atoms with van der Waals surface area (Å²) >= 11 is 0. The second-order valence-corrected chi connectivity index (χ2v) is 3.71. The average molecular weight is 195 g/mol. The van der Waals surface area contributed by atoms with Crippen molar-refractivity contribution in [3.8, 4) is 0 Å². The van der Waals surface area contributed by atoms with Gasteiger partial charge in [-0.15, -0.1) is 0 Å². The maximum atomic E-state index is 10.9. The molecule has 14 heavy (non-hydrogen) atoms. The topological polar surface area (TPSA) is 29.1 Å². The van der Waals surface area contributed by atoms with Crippen molar-refractivity contribution in [3.63, 3.8) is 0 Å². The van der Waals surface area contributed by atoms with Gasteiger partial charge in [0.1, 0.15) is 0 Å². The zero-order valence-electron chi connectivity index (χ0n) is 9.79. The average Bonchev–Trinajstić information content (AvgIpc) is 2.11. The van der Waals surface area contributed by atoms with Crippen LogP contribution in [-0.4, -0.2) is 11.9 Å². The first-order valence-corrected chi connectivity index (χ1v) is 5.05. The van der Waals surface area contributed by atoms with Gasteiger partial charge in [0.15, 0.2) is 0 Å². The highest BCUT2D eigenvalue weighted by Gasteiger charge is 2.13. The van der Waals surface area contributed by atoms with Crippen LogP contribution in [0.5, 0.6) is 0 Å². The summed E-state index contributed by atoms with van der Waals surface area (Å²) in [5, 5.41) is 2.90. The van der Waals surface area contributed by atoms with E-state index in [-0.39, 0.29) is 11.9 Å². The molecule has 0 aliphatic rings. The van der Waals surface area contributed by atoms with Crippen LogP contribution in [0.2, 0.25) is 0 Å². The van der Waals surface area contributed by atoms with Crippen molar-refractivity contribution in [3.05, 3.63) is 23.8 Å². The van der Waals surface area contributed by atoms with Gasteiger partial charge in [0, 0.05) is 13.0 Å². The van der Waals surface area contributed by atoms with Crippen LogP contribution in [0, 0.1) is 5.92 Å². The van der Waals surface area contributed by atoms with Gasteiger partial charge >= 0.3 is 0 Å². The second kappa shape index (κ2) is 6.41. The van der Waals surface area contributed by atoms with Crippen molar-refractivity contribution in [2.75, 3.05) is 0 Å². The third-order valence-corrected chi connectivity index (χ3v) is 2.45. The summed E-state index contributed by atoms with van der Waals surface area (Å²) in [4.78, 5) is 10.9. The largest absolute Gasteiger partial charge is 0.353 e. The van der Waals surface area contributed by atoms with Gasteiger partial charge in [-0.2, -0.15) is 0 Å². The van der Waals surface area contributed by atoms with Crippen molar-refractivity contribution in [1.29, 1.82) is 0 Å². The van der Waals surface area contributed by atoms with E-state index in [0.717, 1.165) is 0 Å². The molecule has 0 spiro atoms. The Balaban J connectivity index is 4.29. The van der Waals surface area contributed by atoms with E-state index in [4.69, 9.17) is 0 Å². The van der Waals surface area contributed by atoms with E-state index in [9.17, 15) is 4.79 Å². The number of amides is 1. The highest BCUT2D eigenvalue weighted by atomic mass is 16.1. The summed E-state index contributed by atoms with van der Waals surface area (Å²) in [6, 6.07) is 0.189. The number of carbonyl (C=O) groups is 1. The van der Waals surface area contributed by atoms with Crippen molar-refractivity contribution in [2.45, 2.75) is 40.7 Å². The molecule has 1 amide bonds. The maximum absolute atomic E-state index is 10.9. The van der Waals surface area contributed by atoms with Crippen LogP contribution in [0.1, 0.15) is 34.6 Å². The van der Waals surface area contributed by atoms with Crippen molar-refractivity contribution < 1.29 is 4.79 Å². The van der Waals surface area contributed by atoms with E-state index in [1.165, 1.54) is 5.57 Å². The number of hydrogen-bond acceptors (Lipinski definition) is 1. The van der Waals surface area contributed by atoms with Crippen molar-refractivity contribution >= 4 is 5.91 Å². The predicted octanol–water partition coefficient (Wildman–Crippen LogP) is 2.67. The lowest BCUT2D eigenvalue weighted by Crippen LogP contribution is -2.35. The number of rotatable bonds is 4. The Morgan fingerprint density at radius 1 is 1.29 bits per heavy atom. The Bertz CT molecular complexity index is 241. The van der Waals surface area contributed by atoms with Gasteiger partial charge < -0.3 is 5.32 Å². The molecule has 80 valence electrons. The van der Waals surface area contributed by atoms with Crippen LogP contribution in [-0.2, 0) is 4.79 Å². The summed E-state index contributed by atoms with van der Waals surface area (Å²) in [5.41, 5.74) is 1.28. The fourth-order valence-corrected chi connectivity index (χ4v) is 1.24. The van der Waals surface area contributed by atoms with Gasteiger partial charge in [-0.05, 0) is 26.7 Å². The quantitative estimate of drug-likeness (QED) is 0.686. The van der Waals surface area contributed by atoms with Gasteiger partial charge in [-0.25, -0.2) is 0 Å². The molecule has 0 rings (SSSR count). The number of hydrogen-bond donors (Lipinski definition) is 1. The molecular weight excluding hydrogens is 174 g/mol. The molecular formula is C12H21NO. The highest BCUT2D eigenvalue weighted by Crippen LogP contribution is 2.14. The summed E-state index contributed by atoms with van der Waals surface area (Å²) in [7, 11) is 0. The normalized spacial score (nSPS) is 16.8. The maximum Gasteiger partial charge on any atom is 0.217 e. The van der Waals surface area contributed by atoms with E-state index in [0.29, 0.717) is 5.92 Å². The van der Waals surface area contributed by atoms with Gasteiger partial charge in [0.05, 0.1) is 0 Å². The van der Waals surface area contributed by atoms with E-state index < -0.39 is 0 Å². The highest BCUT2D eigenvalue weighted by molar-refractivity contribution is 5.73. The van der Waals surface area contributed by atoms with Gasteiger partial charge in [-0.1, -0.05) is 30.7 Å². The summed E-state index contributed by atoms with van der Waals surface area (Å²) in [6.45, 7) is 9.78. The Morgan fingerprint density at radius 2 is 1.86 bits per heavy atom. The van der Waals surface area contributed by atoms with Gasteiger partial charge in [0.2, 0.25) is 5.91 Å². The molecule has 0 aromatic heterocycles. The summed E-state index contributed by atoms with van der Waals surface area (Å²) in [6.07, 6.45) is 6.11. The van der Waals surface area contributed by atoms with Crippen LogP contribution in [0.3, 0.4) is 0 Å². The van der Waals surface area contributed by atoms with Crippen LogP contribution in [0.4, 0.5) is 0 Å². The molecule has 0 aliphatic heterocycles. The Labute approximate surface area is 87.1 Å². The van der Waals surface area contributed by atoms with E-state index in [1.54, 1.807) is 6.92 Å². The number of allylic oxidation sites excluding steroid dienone is 3. The fraction of sp³-hybridized carbons (Fsp3) is 0.583. The number of nitrogens with one attached hydrogen (secondary N) is 1. The van der Waals surface area contributed by atoms with E-state index >= 15 is 0 Å². The molecule has 0 aliphatic carbocycles. The van der Waals surface area contributed by atoms with Crippen LogP contribution < -0.4 is 5.32 Å².